The summed E-state index contributed by atoms with van der Waals surface area (Å²) in [6.07, 6.45) is 0. The highest BCUT2D eigenvalue weighted by molar-refractivity contribution is 5.98. The number of oxime groups is 1. The molecule has 0 saturated heterocycles. The highest BCUT2D eigenvalue weighted by Gasteiger charge is 2.09. The van der Waals surface area contributed by atoms with Crippen molar-refractivity contribution in [3.8, 4) is 0 Å². The van der Waals surface area contributed by atoms with Crippen LogP contribution in [0.2, 0.25) is 0 Å². The van der Waals surface area contributed by atoms with Crippen molar-refractivity contribution in [2.75, 3.05) is 20.6 Å². The van der Waals surface area contributed by atoms with E-state index in [0.717, 1.165) is 12.1 Å². The molecular formula is C13H21FN4O. The molecule has 0 radical (unpaired) electrons. The van der Waals surface area contributed by atoms with Crippen LogP contribution in [-0.4, -0.2) is 42.6 Å². The number of benzene rings is 1. The highest BCUT2D eigenvalue weighted by Crippen LogP contribution is 2.11. The quantitative estimate of drug-likeness (QED) is 0.311. The number of nitrogens with zero attached hydrogens (tertiary/aromatic N) is 2. The molecule has 4 N–H and O–H groups in total. The molecule has 5 nitrogen and oxygen atoms in total. The smallest absolute Gasteiger partial charge is 0.170 e. The van der Waals surface area contributed by atoms with Gasteiger partial charge < -0.3 is 21.2 Å². The molecule has 1 rings (SSSR count). The van der Waals surface area contributed by atoms with E-state index < -0.39 is 5.82 Å². The Labute approximate surface area is 112 Å². The molecular weight excluding hydrogens is 247 g/mol. The number of nitrogens with one attached hydrogen (secondary N) is 1. The maximum Gasteiger partial charge on any atom is 0.170 e. The summed E-state index contributed by atoms with van der Waals surface area (Å²) in [5.41, 5.74) is 6.74. The maximum atomic E-state index is 13.2. The molecule has 0 aliphatic heterocycles. The molecule has 0 bridgehead atoms. The number of hydrogen-bond acceptors (Lipinski definition) is 4. The maximum absolute atomic E-state index is 13.2. The molecule has 6 heteroatoms. The van der Waals surface area contributed by atoms with Crippen LogP contribution in [0.15, 0.2) is 23.4 Å². The number of nitrogens with two attached hydrogens (primary N) is 1. The van der Waals surface area contributed by atoms with Gasteiger partial charge in [-0.05, 0) is 38.7 Å². The van der Waals surface area contributed by atoms with E-state index in [4.69, 9.17) is 10.9 Å². The Balaban J connectivity index is 2.73. The van der Waals surface area contributed by atoms with Crippen molar-refractivity contribution in [1.29, 1.82) is 0 Å². The molecule has 0 aromatic heterocycles. The summed E-state index contributed by atoms with van der Waals surface area (Å²) in [4.78, 5) is 2.10. The Morgan fingerprint density at radius 2 is 2.21 bits per heavy atom. The van der Waals surface area contributed by atoms with Crippen LogP contribution in [0.4, 0.5) is 4.39 Å². The van der Waals surface area contributed by atoms with Crippen LogP contribution in [0.25, 0.3) is 0 Å². The Hall–Kier alpha value is -1.66. The standard InChI is InChI=1S/C13H21FN4O/c1-9(18(2)3)7-16-8-10-4-5-11(14)6-12(10)13(15)17-19/h4-6,9,16,19H,7-8H2,1-3H3,(H2,15,17). The van der Waals surface area contributed by atoms with Crippen LogP contribution in [0, 0.1) is 5.82 Å². The van der Waals surface area contributed by atoms with Crippen molar-refractivity contribution in [2.24, 2.45) is 10.9 Å². The van der Waals surface area contributed by atoms with Gasteiger partial charge in [-0.25, -0.2) is 4.39 Å². The SMILES string of the molecule is CC(CNCc1ccc(F)cc1C(N)=NO)N(C)C. The lowest BCUT2D eigenvalue weighted by Gasteiger charge is -2.20. The molecule has 19 heavy (non-hydrogen) atoms. The van der Waals surface area contributed by atoms with Gasteiger partial charge >= 0.3 is 0 Å². The second-order valence-electron chi connectivity index (χ2n) is 4.73. The van der Waals surface area contributed by atoms with Crippen molar-refractivity contribution in [2.45, 2.75) is 19.5 Å². The summed E-state index contributed by atoms with van der Waals surface area (Å²) in [6.45, 7) is 3.42. The van der Waals surface area contributed by atoms with Gasteiger partial charge in [0.15, 0.2) is 5.84 Å². The van der Waals surface area contributed by atoms with Gasteiger partial charge in [0.05, 0.1) is 0 Å². The zero-order chi connectivity index (χ0) is 14.4. The molecule has 0 fully saturated rings. The average Bonchev–Trinajstić information content (AvgIpc) is 2.39. The molecule has 1 atom stereocenters. The summed E-state index contributed by atoms with van der Waals surface area (Å²) in [6, 6.07) is 4.64. The van der Waals surface area contributed by atoms with Crippen LogP contribution >= 0.6 is 0 Å². The lowest BCUT2D eigenvalue weighted by atomic mass is 10.1. The first kappa shape index (κ1) is 15.4. The zero-order valence-electron chi connectivity index (χ0n) is 11.5. The van der Waals surface area contributed by atoms with E-state index in [2.05, 4.69) is 22.3 Å². The molecule has 0 amide bonds. The Morgan fingerprint density at radius 1 is 1.53 bits per heavy atom. The second kappa shape index (κ2) is 7.06. The second-order valence-corrected chi connectivity index (χ2v) is 4.73. The highest BCUT2D eigenvalue weighted by atomic mass is 19.1. The van der Waals surface area contributed by atoms with Gasteiger partial charge in [0.25, 0.3) is 0 Å². The van der Waals surface area contributed by atoms with E-state index >= 15 is 0 Å². The minimum Gasteiger partial charge on any atom is -0.409 e. The van der Waals surface area contributed by atoms with Gasteiger partial charge in [0.2, 0.25) is 0 Å². The Kier molecular flexibility index (Phi) is 5.72. The molecule has 106 valence electrons. The number of hydrogen-bond donors (Lipinski definition) is 3. The van der Waals surface area contributed by atoms with Gasteiger partial charge in [-0.1, -0.05) is 11.2 Å². The van der Waals surface area contributed by atoms with Crippen molar-refractivity contribution >= 4 is 5.84 Å². The van der Waals surface area contributed by atoms with Crippen molar-refractivity contribution in [1.82, 2.24) is 10.2 Å². The molecule has 0 spiro atoms. The summed E-state index contributed by atoms with van der Waals surface area (Å²) in [5, 5.41) is 14.9. The van der Waals surface area contributed by atoms with Gasteiger partial charge in [0, 0.05) is 24.7 Å². The van der Waals surface area contributed by atoms with Crippen molar-refractivity contribution in [3.05, 3.63) is 35.1 Å². The van der Waals surface area contributed by atoms with Gasteiger partial charge in [-0.15, -0.1) is 0 Å². The van der Waals surface area contributed by atoms with Crippen LogP contribution in [0.1, 0.15) is 18.1 Å². The first-order chi connectivity index (χ1) is 8.95. The van der Waals surface area contributed by atoms with Gasteiger partial charge in [0.1, 0.15) is 5.82 Å². The number of likely N-dealkylation sites (N-methyl/N-ethyl adjacent to an activating group) is 1. The Morgan fingerprint density at radius 3 is 2.79 bits per heavy atom. The van der Waals surface area contributed by atoms with Crippen LogP contribution < -0.4 is 11.1 Å². The van der Waals surface area contributed by atoms with Crippen LogP contribution in [0.5, 0.6) is 0 Å². The minimum absolute atomic E-state index is 0.0861. The molecule has 1 aromatic carbocycles. The first-order valence-corrected chi connectivity index (χ1v) is 6.09. The van der Waals surface area contributed by atoms with Gasteiger partial charge in [-0.2, -0.15) is 0 Å². The fourth-order valence-electron chi connectivity index (χ4n) is 1.59. The molecule has 0 saturated carbocycles. The van der Waals surface area contributed by atoms with Crippen molar-refractivity contribution in [3.63, 3.8) is 0 Å². The third-order valence-electron chi connectivity index (χ3n) is 3.09. The third-order valence-corrected chi connectivity index (χ3v) is 3.09. The Bertz CT molecular complexity index is 448. The number of rotatable bonds is 6. The molecule has 1 aromatic rings. The van der Waals surface area contributed by atoms with E-state index in [0.29, 0.717) is 18.2 Å². The van der Waals surface area contributed by atoms with Crippen LogP contribution in [-0.2, 0) is 6.54 Å². The lowest BCUT2D eigenvalue weighted by molar-refractivity contribution is 0.302. The topological polar surface area (TPSA) is 73.9 Å². The largest absolute Gasteiger partial charge is 0.409 e. The predicted molar refractivity (Wildman–Crippen MR) is 73.8 cm³/mol. The normalized spacial score (nSPS) is 13.8. The monoisotopic (exact) mass is 268 g/mol. The average molecular weight is 268 g/mol. The van der Waals surface area contributed by atoms with E-state index in [1.807, 2.05) is 14.1 Å². The van der Waals surface area contributed by atoms with E-state index in [1.54, 1.807) is 6.07 Å². The van der Waals surface area contributed by atoms with E-state index in [9.17, 15) is 4.39 Å². The summed E-state index contributed by atoms with van der Waals surface area (Å²) in [7, 11) is 4.01. The summed E-state index contributed by atoms with van der Waals surface area (Å²) in [5.74, 6) is -0.496. The summed E-state index contributed by atoms with van der Waals surface area (Å²) < 4.78 is 13.2. The molecule has 0 aliphatic rings. The summed E-state index contributed by atoms with van der Waals surface area (Å²) >= 11 is 0. The molecule has 0 aliphatic carbocycles. The fraction of sp³-hybridized carbons (Fsp3) is 0.462. The number of halogens is 1. The first-order valence-electron chi connectivity index (χ1n) is 6.09. The van der Waals surface area contributed by atoms with Gasteiger partial charge in [-0.3, -0.25) is 0 Å². The van der Waals surface area contributed by atoms with Crippen LogP contribution in [0.3, 0.4) is 0 Å². The van der Waals surface area contributed by atoms with E-state index in [1.165, 1.54) is 12.1 Å². The molecule has 1 unspecified atom stereocenters. The lowest BCUT2D eigenvalue weighted by Crippen LogP contribution is -2.35. The third kappa shape index (κ3) is 4.50. The molecule has 0 heterocycles. The number of amidine groups is 1. The predicted octanol–water partition coefficient (Wildman–Crippen LogP) is 0.960. The fourth-order valence-corrected chi connectivity index (χ4v) is 1.59. The minimum atomic E-state index is -0.410. The van der Waals surface area contributed by atoms with E-state index in [-0.39, 0.29) is 5.84 Å². The van der Waals surface area contributed by atoms with Crippen molar-refractivity contribution < 1.29 is 9.60 Å². The zero-order valence-corrected chi connectivity index (χ0v) is 11.5.